The molecule has 0 spiro atoms. The predicted molar refractivity (Wildman–Crippen MR) is 51.2 cm³/mol. The minimum Gasteiger partial charge on any atom is -0.393 e. The fourth-order valence-electron chi connectivity index (χ4n) is 1.92. The second-order valence-corrected chi connectivity index (χ2v) is 3.93. The standard InChI is InChI=1S/C10H21NO/c1-3-10(12)8-9-6-4-5-7-11(9)2/h9-10,12H,3-8H2,1-2H3/t9-,10+/m0/s1. The van der Waals surface area contributed by atoms with E-state index in [0.717, 1.165) is 12.8 Å². The topological polar surface area (TPSA) is 23.5 Å². The average molecular weight is 171 g/mol. The molecule has 0 aliphatic carbocycles. The Morgan fingerprint density at radius 3 is 2.83 bits per heavy atom. The number of rotatable bonds is 3. The summed E-state index contributed by atoms with van der Waals surface area (Å²) >= 11 is 0. The van der Waals surface area contributed by atoms with E-state index in [9.17, 15) is 5.11 Å². The predicted octanol–water partition coefficient (Wildman–Crippen LogP) is 1.63. The molecule has 0 aromatic heterocycles. The minimum absolute atomic E-state index is 0.0875. The Morgan fingerprint density at radius 1 is 1.50 bits per heavy atom. The molecule has 1 saturated heterocycles. The van der Waals surface area contributed by atoms with Crippen molar-refractivity contribution in [2.45, 2.75) is 51.2 Å². The molecule has 0 aromatic carbocycles. The first-order valence-corrected chi connectivity index (χ1v) is 5.12. The lowest BCUT2D eigenvalue weighted by molar-refractivity contribution is 0.0920. The highest BCUT2D eigenvalue weighted by atomic mass is 16.3. The van der Waals surface area contributed by atoms with Gasteiger partial charge in [0.1, 0.15) is 0 Å². The molecule has 0 unspecified atom stereocenters. The molecule has 2 nitrogen and oxygen atoms in total. The first kappa shape index (κ1) is 10.0. The second-order valence-electron chi connectivity index (χ2n) is 3.93. The van der Waals surface area contributed by atoms with Crippen molar-refractivity contribution < 1.29 is 5.11 Å². The van der Waals surface area contributed by atoms with Gasteiger partial charge >= 0.3 is 0 Å². The molecular formula is C10H21NO. The molecule has 12 heavy (non-hydrogen) atoms. The highest BCUT2D eigenvalue weighted by Crippen LogP contribution is 2.19. The van der Waals surface area contributed by atoms with Crippen molar-refractivity contribution in [1.29, 1.82) is 0 Å². The van der Waals surface area contributed by atoms with Crippen LogP contribution in [0.1, 0.15) is 39.0 Å². The minimum atomic E-state index is -0.0875. The van der Waals surface area contributed by atoms with Crippen molar-refractivity contribution in [3.8, 4) is 0 Å². The Morgan fingerprint density at radius 2 is 2.25 bits per heavy atom. The molecule has 0 saturated carbocycles. The van der Waals surface area contributed by atoms with Gasteiger partial charge in [0, 0.05) is 6.04 Å². The van der Waals surface area contributed by atoms with Gasteiger partial charge in [0.25, 0.3) is 0 Å². The van der Waals surface area contributed by atoms with E-state index in [4.69, 9.17) is 0 Å². The molecule has 0 amide bonds. The highest BCUT2D eigenvalue weighted by Gasteiger charge is 2.20. The lowest BCUT2D eigenvalue weighted by atomic mass is 9.97. The van der Waals surface area contributed by atoms with Crippen LogP contribution in [0.15, 0.2) is 0 Å². The molecule has 72 valence electrons. The monoisotopic (exact) mass is 171 g/mol. The lowest BCUT2D eigenvalue weighted by Gasteiger charge is -2.33. The second kappa shape index (κ2) is 4.83. The number of likely N-dealkylation sites (tertiary alicyclic amines) is 1. The number of nitrogens with zero attached hydrogens (tertiary/aromatic N) is 1. The Balaban J connectivity index is 2.28. The Hall–Kier alpha value is -0.0800. The van der Waals surface area contributed by atoms with E-state index in [1.165, 1.54) is 25.8 Å². The molecule has 1 N–H and O–H groups in total. The first-order valence-electron chi connectivity index (χ1n) is 5.12. The maximum Gasteiger partial charge on any atom is 0.0552 e. The van der Waals surface area contributed by atoms with Gasteiger partial charge in [-0.15, -0.1) is 0 Å². The van der Waals surface area contributed by atoms with Crippen LogP contribution in [-0.4, -0.2) is 35.7 Å². The summed E-state index contributed by atoms with van der Waals surface area (Å²) in [7, 11) is 2.17. The van der Waals surface area contributed by atoms with Gasteiger partial charge in [-0.2, -0.15) is 0 Å². The van der Waals surface area contributed by atoms with E-state index in [-0.39, 0.29) is 6.10 Å². The van der Waals surface area contributed by atoms with Gasteiger partial charge in [-0.1, -0.05) is 13.3 Å². The van der Waals surface area contributed by atoms with E-state index in [1.54, 1.807) is 0 Å². The summed E-state index contributed by atoms with van der Waals surface area (Å²) in [5, 5.41) is 9.50. The molecule has 1 aliphatic rings. The van der Waals surface area contributed by atoms with Crippen molar-refractivity contribution >= 4 is 0 Å². The third-order valence-electron chi connectivity index (χ3n) is 2.94. The van der Waals surface area contributed by atoms with Crippen LogP contribution >= 0.6 is 0 Å². The number of aliphatic hydroxyl groups is 1. The van der Waals surface area contributed by atoms with E-state index in [0.29, 0.717) is 6.04 Å². The number of hydrogen-bond acceptors (Lipinski definition) is 2. The molecule has 0 radical (unpaired) electrons. The van der Waals surface area contributed by atoms with Gasteiger partial charge in [0.05, 0.1) is 6.10 Å². The Labute approximate surface area is 75.6 Å². The molecule has 2 atom stereocenters. The summed E-state index contributed by atoms with van der Waals surface area (Å²) < 4.78 is 0. The summed E-state index contributed by atoms with van der Waals surface area (Å²) in [4.78, 5) is 2.39. The van der Waals surface area contributed by atoms with E-state index < -0.39 is 0 Å². The van der Waals surface area contributed by atoms with E-state index in [2.05, 4.69) is 11.9 Å². The summed E-state index contributed by atoms with van der Waals surface area (Å²) in [6, 6.07) is 0.633. The Bertz CT molecular complexity index is 127. The molecule has 1 heterocycles. The van der Waals surface area contributed by atoms with Crippen molar-refractivity contribution in [2.24, 2.45) is 0 Å². The third kappa shape index (κ3) is 2.76. The number of hydrogen-bond donors (Lipinski definition) is 1. The molecule has 1 fully saturated rings. The van der Waals surface area contributed by atoms with Gasteiger partial charge < -0.3 is 10.0 Å². The number of aliphatic hydroxyl groups excluding tert-OH is 1. The molecule has 0 aromatic rings. The van der Waals surface area contributed by atoms with Crippen LogP contribution in [0.4, 0.5) is 0 Å². The smallest absolute Gasteiger partial charge is 0.0552 e. The maximum absolute atomic E-state index is 9.50. The molecule has 1 aliphatic heterocycles. The fourth-order valence-corrected chi connectivity index (χ4v) is 1.92. The van der Waals surface area contributed by atoms with Crippen molar-refractivity contribution in [3.05, 3.63) is 0 Å². The zero-order chi connectivity index (χ0) is 8.97. The van der Waals surface area contributed by atoms with Gasteiger partial charge in [-0.3, -0.25) is 0 Å². The van der Waals surface area contributed by atoms with Crippen LogP contribution in [0, 0.1) is 0 Å². The van der Waals surface area contributed by atoms with Gasteiger partial charge in [-0.25, -0.2) is 0 Å². The van der Waals surface area contributed by atoms with Crippen LogP contribution < -0.4 is 0 Å². The van der Waals surface area contributed by atoms with E-state index >= 15 is 0 Å². The van der Waals surface area contributed by atoms with Crippen molar-refractivity contribution in [2.75, 3.05) is 13.6 Å². The summed E-state index contributed by atoms with van der Waals surface area (Å²) in [6.45, 7) is 3.26. The average Bonchev–Trinajstić information content (AvgIpc) is 2.09. The van der Waals surface area contributed by atoms with E-state index in [1.807, 2.05) is 6.92 Å². The Kier molecular flexibility index (Phi) is 4.02. The zero-order valence-corrected chi connectivity index (χ0v) is 8.29. The fraction of sp³-hybridized carbons (Fsp3) is 1.00. The van der Waals surface area contributed by atoms with Crippen molar-refractivity contribution in [1.82, 2.24) is 4.90 Å². The maximum atomic E-state index is 9.50. The zero-order valence-electron chi connectivity index (χ0n) is 8.29. The highest BCUT2D eigenvalue weighted by molar-refractivity contribution is 4.76. The molecule has 1 rings (SSSR count). The van der Waals surface area contributed by atoms with Gasteiger partial charge in [0.15, 0.2) is 0 Å². The number of piperidine rings is 1. The van der Waals surface area contributed by atoms with Crippen LogP contribution in [0.2, 0.25) is 0 Å². The van der Waals surface area contributed by atoms with Gasteiger partial charge in [0.2, 0.25) is 0 Å². The lowest BCUT2D eigenvalue weighted by Crippen LogP contribution is -2.38. The normalized spacial score (nSPS) is 28.8. The summed E-state index contributed by atoms with van der Waals surface area (Å²) in [5.41, 5.74) is 0. The summed E-state index contributed by atoms with van der Waals surface area (Å²) in [6.07, 6.45) is 5.71. The van der Waals surface area contributed by atoms with Gasteiger partial charge in [-0.05, 0) is 39.3 Å². The van der Waals surface area contributed by atoms with Crippen LogP contribution in [0.3, 0.4) is 0 Å². The molecule has 2 heteroatoms. The molecule has 0 bridgehead atoms. The first-order chi connectivity index (χ1) is 5.74. The van der Waals surface area contributed by atoms with Crippen molar-refractivity contribution in [3.63, 3.8) is 0 Å². The largest absolute Gasteiger partial charge is 0.393 e. The summed E-state index contributed by atoms with van der Waals surface area (Å²) in [5.74, 6) is 0. The van der Waals surface area contributed by atoms with Crippen LogP contribution in [-0.2, 0) is 0 Å². The van der Waals surface area contributed by atoms with Crippen LogP contribution in [0.5, 0.6) is 0 Å². The quantitative estimate of drug-likeness (QED) is 0.697. The SMILES string of the molecule is CC[C@@H](O)C[C@@H]1CCCCN1C. The third-order valence-corrected chi connectivity index (χ3v) is 2.94. The van der Waals surface area contributed by atoms with Crippen LogP contribution in [0.25, 0.3) is 0 Å². The molecular weight excluding hydrogens is 150 g/mol.